The summed E-state index contributed by atoms with van der Waals surface area (Å²) in [5, 5.41) is 6.51. The highest BCUT2D eigenvalue weighted by Crippen LogP contribution is 2.33. The van der Waals surface area contributed by atoms with Crippen LogP contribution in [0.5, 0.6) is 0 Å². The maximum atomic E-state index is 12.7. The molecule has 29 heavy (non-hydrogen) atoms. The summed E-state index contributed by atoms with van der Waals surface area (Å²) >= 11 is 0. The summed E-state index contributed by atoms with van der Waals surface area (Å²) < 4.78 is 67.6. The molecule has 2 N–H and O–H groups in total. The highest BCUT2D eigenvalue weighted by molar-refractivity contribution is 7.90. The zero-order chi connectivity index (χ0) is 21.9. The summed E-state index contributed by atoms with van der Waals surface area (Å²) in [6.07, 6.45) is 2.77. The van der Waals surface area contributed by atoms with E-state index in [4.69, 9.17) is 4.74 Å². The van der Waals surface area contributed by atoms with Gasteiger partial charge < -0.3 is 15.4 Å². The van der Waals surface area contributed by atoms with E-state index in [0.29, 0.717) is 22.7 Å². The molecule has 0 aromatic rings. The van der Waals surface area contributed by atoms with Crippen molar-refractivity contribution in [2.75, 3.05) is 33.3 Å². The van der Waals surface area contributed by atoms with E-state index in [9.17, 15) is 21.6 Å². The number of alkyl halides is 3. The Morgan fingerprint density at radius 2 is 1.79 bits per heavy atom. The van der Waals surface area contributed by atoms with Crippen molar-refractivity contribution in [3.63, 3.8) is 0 Å². The van der Waals surface area contributed by atoms with Crippen molar-refractivity contribution in [2.45, 2.75) is 64.1 Å². The Labute approximate surface area is 171 Å². The third-order valence-corrected chi connectivity index (χ3v) is 7.11. The standard InChI is InChI=1S/C18H33F3N4O3S/c1-17(2,3)15-13(6-5-11-28-15)12-23-16(22-4)24-14-7-9-25(10-8-14)29(26,27)18(19,20)21/h13-15H,5-12H2,1-4H3,(H2,22,23,24). The Kier molecular flexibility index (Phi) is 7.83. The van der Waals surface area contributed by atoms with Crippen molar-refractivity contribution in [2.24, 2.45) is 16.3 Å². The fraction of sp³-hybridized carbons (Fsp3) is 0.944. The van der Waals surface area contributed by atoms with Gasteiger partial charge in [-0.2, -0.15) is 17.5 Å². The Hall–Kier alpha value is -1.07. The van der Waals surface area contributed by atoms with Crippen LogP contribution in [0.3, 0.4) is 0 Å². The lowest BCUT2D eigenvalue weighted by Gasteiger charge is -2.40. The van der Waals surface area contributed by atoms with Gasteiger partial charge in [0, 0.05) is 45.2 Å². The van der Waals surface area contributed by atoms with Crippen LogP contribution in [0.25, 0.3) is 0 Å². The molecule has 2 fully saturated rings. The van der Waals surface area contributed by atoms with Gasteiger partial charge in [0.15, 0.2) is 5.96 Å². The number of guanidine groups is 1. The molecule has 0 amide bonds. The molecule has 2 aliphatic rings. The Morgan fingerprint density at radius 1 is 1.17 bits per heavy atom. The number of nitrogens with one attached hydrogen (secondary N) is 2. The third kappa shape index (κ3) is 6.21. The van der Waals surface area contributed by atoms with Crippen LogP contribution in [-0.2, 0) is 14.8 Å². The molecule has 0 bridgehead atoms. The lowest BCUT2D eigenvalue weighted by atomic mass is 9.78. The largest absolute Gasteiger partial charge is 0.511 e. The predicted octanol–water partition coefficient (Wildman–Crippen LogP) is 2.31. The highest BCUT2D eigenvalue weighted by atomic mass is 32.2. The minimum absolute atomic E-state index is 0.0283. The smallest absolute Gasteiger partial charge is 0.377 e. The quantitative estimate of drug-likeness (QED) is 0.516. The number of hydrogen-bond acceptors (Lipinski definition) is 4. The maximum Gasteiger partial charge on any atom is 0.511 e. The first-order chi connectivity index (χ1) is 13.4. The lowest BCUT2D eigenvalue weighted by molar-refractivity contribution is -0.0835. The Balaban J connectivity index is 1.85. The first-order valence-corrected chi connectivity index (χ1v) is 11.5. The van der Waals surface area contributed by atoms with Gasteiger partial charge in [0.25, 0.3) is 0 Å². The number of ether oxygens (including phenoxy) is 1. The molecule has 2 aliphatic heterocycles. The Bertz CT molecular complexity index is 669. The minimum Gasteiger partial charge on any atom is -0.377 e. The fourth-order valence-corrected chi connectivity index (χ4v) is 5.00. The van der Waals surface area contributed by atoms with Crippen molar-refractivity contribution < 1.29 is 26.3 Å². The van der Waals surface area contributed by atoms with Crippen molar-refractivity contribution in [1.82, 2.24) is 14.9 Å². The van der Waals surface area contributed by atoms with E-state index < -0.39 is 15.5 Å². The molecule has 2 heterocycles. The van der Waals surface area contributed by atoms with Crippen LogP contribution in [-0.4, -0.2) is 69.6 Å². The van der Waals surface area contributed by atoms with E-state index in [1.165, 1.54) is 0 Å². The molecular weight excluding hydrogens is 409 g/mol. The van der Waals surface area contributed by atoms with Crippen molar-refractivity contribution >= 4 is 16.0 Å². The summed E-state index contributed by atoms with van der Waals surface area (Å²) in [6, 6.07) is -0.137. The summed E-state index contributed by atoms with van der Waals surface area (Å²) in [5.41, 5.74) is -5.23. The van der Waals surface area contributed by atoms with Crippen molar-refractivity contribution in [3.8, 4) is 0 Å². The summed E-state index contributed by atoms with van der Waals surface area (Å²) in [5.74, 6) is 0.904. The second-order valence-electron chi connectivity index (χ2n) is 8.78. The molecule has 0 spiro atoms. The van der Waals surface area contributed by atoms with E-state index in [1.807, 2.05) is 0 Å². The van der Waals surface area contributed by atoms with Gasteiger partial charge in [-0.3, -0.25) is 4.99 Å². The number of hydrogen-bond donors (Lipinski definition) is 2. The van der Waals surface area contributed by atoms with Gasteiger partial charge in [-0.15, -0.1) is 0 Å². The molecule has 170 valence electrons. The normalized spacial score (nSPS) is 26.4. The predicted molar refractivity (Wildman–Crippen MR) is 106 cm³/mol. The Morgan fingerprint density at radius 3 is 2.31 bits per heavy atom. The number of halogens is 3. The van der Waals surface area contributed by atoms with Crippen LogP contribution in [0.1, 0.15) is 46.5 Å². The number of aliphatic imine (C=N–C) groups is 1. The van der Waals surface area contributed by atoms with E-state index >= 15 is 0 Å². The molecule has 0 aliphatic carbocycles. The summed E-state index contributed by atoms with van der Waals surface area (Å²) in [6.45, 7) is 7.59. The summed E-state index contributed by atoms with van der Waals surface area (Å²) in [7, 11) is -3.62. The van der Waals surface area contributed by atoms with Gasteiger partial charge in [-0.05, 0) is 31.1 Å². The van der Waals surface area contributed by atoms with Crippen molar-refractivity contribution in [3.05, 3.63) is 0 Å². The molecular formula is C18H33F3N4O3S. The third-order valence-electron chi connectivity index (χ3n) is 5.48. The molecule has 0 saturated carbocycles. The molecule has 2 unspecified atom stereocenters. The van der Waals surface area contributed by atoms with Crippen LogP contribution in [0.4, 0.5) is 13.2 Å². The molecule has 7 nitrogen and oxygen atoms in total. The zero-order valence-corrected chi connectivity index (χ0v) is 18.4. The monoisotopic (exact) mass is 442 g/mol. The number of piperidine rings is 1. The van der Waals surface area contributed by atoms with Crippen LogP contribution in [0, 0.1) is 11.3 Å². The minimum atomic E-state index is -5.26. The SMILES string of the molecule is CN=C(NCC1CCCOC1C(C)(C)C)NC1CCN(S(=O)(=O)C(F)(F)F)CC1. The molecule has 0 aromatic heterocycles. The second-order valence-corrected chi connectivity index (χ2v) is 10.7. The van der Waals surface area contributed by atoms with Gasteiger partial charge in [-0.25, -0.2) is 8.42 Å². The van der Waals surface area contributed by atoms with E-state index in [2.05, 4.69) is 36.4 Å². The molecule has 0 radical (unpaired) electrons. The van der Waals surface area contributed by atoms with E-state index in [1.54, 1.807) is 7.05 Å². The van der Waals surface area contributed by atoms with Crippen LogP contribution >= 0.6 is 0 Å². The zero-order valence-electron chi connectivity index (χ0n) is 17.6. The average molecular weight is 443 g/mol. The first kappa shape index (κ1) is 24.2. The first-order valence-electron chi connectivity index (χ1n) is 10.0. The second kappa shape index (κ2) is 9.38. The highest BCUT2D eigenvalue weighted by Gasteiger charge is 2.50. The number of rotatable bonds is 4. The van der Waals surface area contributed by atoms with Crippen LogP contribution < -0.4 is 10.6 Å². The van der Waals surface area contributed by atoms with E-state index in [-0.39, 0.29) is 43.5 Å². The lowest BCUT2D eigenvalue weighted by Crippen LogP contribution is -2.53. The molecule has 0 aromatic carbocycles. The molecule has 2 rings (SSSR count). The van der Waals surface area contributed by atoms with Gasteiger partial charge in [-0.1, -0.05) is 20.8 Å². The van der Waals surface area contributed by atoms with Gasteiger partial charge in [0.05, 0.1) is 6.10 Å². The maximum absolute atomic E-state index is 12.7. The average Bonchev–Trinajstić information content (AvgIpc) is 2.64. The molecule has 2 atom stereocenters. The van der Waals surface area contributed by atoms with Crippen molar-refractivity contribution in [1.29, 1.82) is 0 Å². The van der Waals surface area contributed by atoms with Gasteiger partial charge >= 0.3 is 15.5 Å². The summed E-state index contributed by atoms with van der Waals surface area (Å²) in [4.78, 5) is 4.20. The van der Waals surface area contributed by atoms with Gasteiger partial charge in [0.2, 0.25) is 0 Å². The number of nitrogens with zero attached hydrogens (tertiary/aromatic N) is 2. The van der Waals surface area contributed by atoms with Crippen LogP contribution in [0.15, 0.2) is 4.99 Å². The van der Waals surface area contributed by atoms with E-state index in [0.717, 1.165) is 19.4 Å². The van der Waals surface area contributed by atoms with Gasteiger partial charge in [0.1, 0.15) is 0 Å². The fourth-order valence-electron chi connectivity index (χ4n) is 4.01. The number of sulfonamides is 1. The topological polar surface area (TPSA) is 83.0 Å². The molecule has 2 saturated heterocycles. The molecule has 11 heteroatoms. The van der Waals surface area contributed by atoms with Crippen LogP contribution in [0.2, 0.25) is 0 Å².